The summed E-state index contributed by atoms with van der Waals surface area (Å²) in [6.07, 6.45) is 3.55. The molecule has 1 aliphatic carbocycles. The molecule has 0 radical (unpaired) electrons. The molecular formula is C14H19N. The van der Waals surface area contributed by atoms with E-state index in [-0.39, 0.29) is 0 Å². The van der Waals surface area contributed by atoms with Gasteiger partial charge in [-0.1, -0.05) is 29.8 Å². The van der Waals surface area contributed by atoms with Crippen LogP contribution in [-0.2, 0) is 6.42 Å². The van der Waals surface area contributed by atoms with Crippen molar-refractivity contribution in [3.8, 4) is 0 Å². The van der Waals surface area contributed by atoms with Crippen LogP contribution in [0.2, 0.25) is 0 Å². The van der Waals surface area contributed by atoms with Gasteiger partial charge in [0.15, 0.2) is 0 Å². The van der Waals surface area contributed by atoms with Crippen LogP contribution >= 0.6 is 0 Å². The zero-order valence-electron chi connectivity index (χ0n) is 9.42. The molecule has 1 nitrogen and oxygen atoms in total. The van der Waals surface area contributed by atoms with Crippen LogP contribution in [0.25, 0.3) is 0 Å². The predicted molar refractivity (Wildman–Crippen MR) is 64.9 cm³/mol. The van der Waals surface area contributed by atoms with Crippen molar-refractivity contribution in [1.82, 2.24) is 5.32 Å². The highest BCUT2D eigenvalue weighted by Gasteiger charge is 2.20. The van der Waals surface area contributed by atoms with Crippen molar-refractivity contribution >= 4 is 0 Å². The zero-order chi connectivity index (χ0) is 10.7. The Morgan fingerprint density at radius 1 is 1.47 bits per heavy atom. The van der Waals surface area contributed by atoms with Crippen LogP contribution in [0.3, 0.4) is 0 Å². The molecule has 0 amide bonds. The van der Waals surface area contributed by atoms with E-state index >= 15 is 0 Å². The minimum Gasteiger partial charge on any atom is -0.310 e. The van der Waals surface area contributed by atoms with Crippen LogP contribution in [0.4, 0.5) is 0 Å². The lowest BCUT2D eigenvalue weighted by molar-refractivity contribution is 0.533. The summed E-state index contributed by atoms with van der Waals surface area (Å²) in [5.41, 5.74) is 4.28. The van der Waals surface area contributed by atoms with Crippen molar-refractivity contribution in [3.05, 3.63) is 47.5 Å². The van der Waals surface area contributed by atoms with Gasteiger partial charge in [-0.2, -0.15) is 0 Å². The van der Waals surface area contributed by atoms with Crippen LogP contribution in [0.1, 0.15) is 36.9 Å². The summed E-state index contributed by atoms with van der Waals surface area (Å²) in [6, 6.07) is 9.34. The number of nitrogens with one attached hydrogen (secondary N) is 1. The van der Waals surface area contributed by atoms with Crippen LogP contribution in [-0.4, -0.2) is 6.54 Å². The number of fused-ring (bicyclic) bond motifs is 1. The topological polar surface area (TPSA) is 12.0 Å². The second-order valence-electron chi connectivity index (χ2n) is 4.45. The summed E-state index contributed by atoms with van der Waals surface area (Å²) in [7, 11) is 0. The molecule has 1 aromatic carbocycles. The molecule has 1 heteroatoms. The van der Waals surface area contributed by atoms with Crippen molar-refractivity contribution in [2.24, 2.45) is 0 Å². The lowest BCUT2D eigenvalue weighted by Crippen LogP contribution is -2.20. The lowest BCUT2D eigenvalue weighted by Gasteiger charge is -2.13. The Kier molecular flexibility index (Phi) is 3.22. The number of aryl methyl sites for hydroxylation is 1. The fourth-order valence-electron chi connectivity index (χ4n) is 2.23. The van der Waals surface area contributed by atoms with E-state index in [4.69, 9.17) is 0 Å². The highest BCUT2D eigenvalue weighted by molar-refractivity contribution is 5.34. The number of hydrogen-bond acceptors (Lipinski definition) is 1. The summed E-state index contributed by atoms with van der Waals surface area (Å²) < 4.78 is 0. The number of hydrogen-bond donors (Lipinski definition) is 1. The van der Waals surface area contributed by atoms with E-state index < -0.39 is 0 Å². The van der Waals surface area contributed by atoms with Gasteiger partial charge in [0.2, 0.25) is 0 Å². The molecule has 0 bridgehead atoms. The minimum atomic E-state index is 0.570. The van der Waals surface area contributed by atoms with E-state index in [0.717, 1.165) is 13.0 Å². The third-order valence-corrected chi connectivity index (χ3v) is 3.08. The van der Waals surface area contributed by atoms with Crippen molar-refractivity contribution < 1.29 is 0 Å². The Morgan fingerprint density at radius 3 is 3.07 bits per heavy atom. The summed E-state index contributed by atoms with van der Waals surface area (Å²) in [5.74, 6) is 0. The molecule has 0 fully saturated rings. The summed E-state index contributed by atoms with van der Waals surface area (Å²) in [4.78, 5) is 0. The van der Waals surface area contributed by atoms with Crippen molar-refractivity contribution in [3.63, 3.8) is 0 Å². The quantitative estimate of drug-likeness (QED) is 0.737. The molecule has 1 aromatic rings. The van der Waals surface area contributed by atoms with Crippen molar-refractivity contribution in [2.45, 2.75) is 32.2 Å². The SMILES string of the molecule is C=C(C)CCNC1CCc2ccccc21. The molecule has 1 unspecified atom stereocenters. The molecule has 1 atom stereocenters. The molecule has 0 aliphatic heterocycles. The van der Waals surface area contributed by atoms with E-state index in [2.05, 4.69) is 43.1 Å². The zero-order valence-corrected chi connectivity index (χ0v) is 9.42. The van der Waals surface area contributed by atoms with E-state index in [1.807, 2.05) is 0 Å². The Bertz CT molecular complexity index is 354. The van der Waals surface area contributed by atoms with Gasteiger partial charge in [-0.3, -0.25) is 0 Å². The Labute approximate surface area is 92.2 Å². The fourth-order valence-corrected chi connectivity index (χ4v) is 2.23. The molecule has 2 rings (SSSR count). The smallest absolute Gasteiger partial charge is 0.0326 e. The maximum Gasteiger partial charge on any atom is 0.0326 e. The van der Waals surface area contributed by atoms with Crippen LogP contribution in [0.15, 0.2) is 36.4 Å². The Hall–Kier alpha value is -1.08. The largest absolute Gasteiger partial charge is 0.310 e. The van der Waals surface area contributed by atoms with Gasteiger partial charge in [0.1, 0.15) is 0 Å². The number of benzene rings is 1. The van der Waals surface area contributed by atoms with Gasteiger partial charge in [0, 0.05) is 6.04 Å². The molecule has 1 N–H and O–H groups in total. The molecule has 0 spiro atoms. The first-order valence-corrected chi connectivity index (χ1v) is 5.73. The average Bonchev–Trinajstić information content (AvgIpc) is 2.62. The van der Waals surface area contributed by atoms with Gasteiger partial charge in [-0.15, -0.1) is 6.58 Å². The first-order valence-electron chi connectivity index (χ1n) is 5.73. The highest BCUT2D eigenvalue weighted by Crippen LogP contribution is 2.30. The van der Waals surface area contributed by atoms with E-state index in [0.29, 0.717) is 6.04 Å². The van der Waals surface area contributed by atoms with E-state index in [1.54, 1.807) is 0 Å². The van der Waals surface area contributed by atoms with Crippen LogP contribution < -0.4 is 5.32 Å². The molecular weight excluding hydrogens is 182 g/mol. The second-order valence-corrected chi connectivity index (χ2v) is 4.45. The normalized spacial score (nSPS) is 18.9. The molecule has 1 aliphatic rings. The monoisotopic (exact) mass is 201 g/mol. The third kappa shape index (κ3) is 2.48. The van der Waals surface area contributed by atoms with Crippen molar-refractivity contribution in [1.29, 1.82) is 0 Å². The van der Waals surface area contributed by atoms with Gasteiger partial charge in [0.25, 0.3) is 0 Å². The van der Waals surface area contributed by atoms with E-state index in [1.165, 1.54) is 29.5 Å². The maximum absolute atomic E-state index is 3.92. The predicted octanol–water partition coefficient (Wildman–Crippen LogP) is 3.23. The summed E-state index contributed by atoms with van der Waals surface area (Å²) in [6.45, 7) is 7.06. The Morgan fingerprint density at radius 2 is 2.27 bits per heavy atom. The summed E-state index contributed by atoms with van der Waals surface area (Å²) >= 11 is 0. The number of rotatable bonds is 4. The second kappa shape index (κ2) is 4.63. The van der Waals surface area contributed by atoms with Gasteiger partial charge in [-0.25, -0.2) is 0 Å². The standard InChI is InChI=1S/C14H19N/c1-11(2)9-10-15-14-8-7-12-5-3-4-6-13(12)14/h3-6,14-15H,1,7-10H2,2H3. The third-order valence-electron chi connectivity index (χ3n) is 3.08. The van der Waals surface area contributed by atoms with Gasteiger partial charge >= 0.3 is 0 Å². The van der Waals surface area contributed by atoms with E-state index in [9.17, 15) is 0 Å². The van der Waals surface area contributed by atoms with Crippen LogP contribution in [0, 0.1) is 0 Å². The first-order chi connectivity index (χ1) is 7.27. The van der Waals surface area contributed by atoms with Gasteiger partial charge in [0.05, 0.1) is 0 Å². The molecule has 80 valence electrons. The molecule has 0 saturated carbocycles. The highest BCUT2D eigenvalue weighted by atomic mass is 14.9. The molecule has 0 saturated heterocycles. The molecule has 0 aromatic heterocycles. The fraction of sp³-hybridized carbons (Fsp3) is 0.429. The molecule has 0 heterocycles. The van der Waals surface area contributed by atoms with Crippen LogP contribution in [0.5, 0.6) is 0 Å². The Balaban J connectivity index is 1.93. The summed E-state index contributed by atoms with van der Waals surface area (Å²) in [5, 5.41) is 3.61. The van der Waals surface area contributed by atoms with Gasteiger partial charge < -0.3 is 5.32 Å². The first kappa shape index (κ1) is 10.4. The maximum atomic E-state index is 3.92. The molecule has 15 heavy (non-hydrogen) atoms. The lowest BCUT2D eigenvalue weighted by atomic mass is 10.1. The average molecular weight is 201 g/mol. The van der Waals surface area contributed by atoms with Gasteiger partial charge in [-0.05, 0) is 43.9 Å². The minimum absolute atomic E-state index is 0.570. The van der Waals surface area contributed by atoms with Crippen molar-refractivity contribution in [2.75, 3.05) is 6.54 Å².